The van der Waals surface area contributed by atoms with Gasteiger partial charge in [0.1, 0.15) is 11.1 Å². The molecule has 1 aromatic heterocycles. The molecule has 0 saturated carbocycles. The number of aromatic nitrogens is 1. The molecule has 0 aliphatic heterocycles. The minimum absolute atomic E-state index is 0. The third-order valence-corrected chi connectivity index (χ3v) is 4.10. The van der Waals surface area contributed by atoms with Crippen LogP contribution in [0.3, 0.4) is 0 Å². The van der Waals surface area contributed by atoms with Crippen LogP contribution in [0.5, 0.6) is 0 Å². The van der Waals surface area contributed by atoms with Crippen LogP contribution in [-0.2, 0) is 16.1 Å². The van der Waals surface area contributed by atoms with Crippen LogP contribution in [0.2, 0.25) is 0 Å². The van der Waals surface area contributed by atoms with Gasteiger partial charge in [0, 0.05) is 31.5 Å². The average Bonchev–Trinajstić information content (AvgIpc) is 2.87. The molecule has 2 unspecified atom stereocenters. The SMILES string of the molecule is CCOC(C)c1nc(CN(C)C(=O)C(C)CNC)cs1.Cl.Cl. The van der Waals surface area contributed by atoms with Gasteiger partial charge in [-0.1, -0.05) is 6.92 Å². The summed E-state index contributed by atoms with van der Waals surface area (Å²) in [6, 6.07) is 0. The molecular formula is C14H27Cl2N3O2S. The van der Waals surface area contributed by atoms with Crippen molar-refractivity contribution < 1.29 is 9.53 Å². The first-order chi connectivity index (χ1) is 9.49. The second kappa shape index (κ2) is 12.1. The van der Waals surface area contributed by atoms with E-state index >= 15 is 0 Å². The number of rotatable bonds is 8. The van der Waals surface area contributed by atoms with E-state index in [2.05, 4.69) is 10.3 Å². The Morgan fingerprint density at radius 2 is 2.09 bits per heavy atom. The molecule has 0 fully saturated rings. The Morgan fingerprint density at radius 3 is 2.64 bits per heavy atom. The van der Waals surface area contributed by atoms with Gasteiger partial charge in [0.2, 0.25) is 5.91 Å². The highest BCUT2D eigenvalue weighted by molar-refractivity contribution is 7.09. The Morgan fingerprint density at radius 1 is 1.45 bits per heavy atom. The van der Waals surface area contributed by atoms with Gasteiger partial charge < -0.3 is 15.0 Å². The zero-order valence-electron chi connectivity index (χ0n) is 13.8. The number of carbonyl (C=O) groups excluding carboxylic acids is 1. The Kier molecular flexibility index (Phi) is 13.1. The van der Waals surface area contributed by atoms with Crippen LogP contribution < -0.4 is 5.32 Å². The standard InChI is InChI=1S/C14H25N3O2S.2ClH/c1-6-19-11(3)13-16-12(9-20-13)8-17(5)14(18)10(2)7-15-4;;/h9-11,15H,6-8H2,1-5H3;2*1H. The van der Waals surface area contributed by atoms with E-state index < -0.39 is 0 Å². The zero-order valence-corrected chi connectivity index (χ0v) is 16.2. The number of carbonyl (C=O) groups is 1. The van der Waals surface area contributed by atoms with Crippen LogP contribution in [0.15, 0.2) is 5.38 Å². The van der Waals surface area contributed by atoms with Gasteiger partial charge in [0.25, 0.3) is 0 Å². The highest BCUT2D eigenvalue weighted by atomic mass is 35.5. The third kappa shape index (κ3) is 7.24. The fourth-order valence-electron chi connectivity index (χ4n) is 1.99. The summed E-state index contributed by atoms with van der Waals surface area (Å²) in [5.41, 5.74) is 0.920. The topological polar surface area (TPSA) is 54.5 Å². The molecule has 0 aliphatic carbocycles. The fraction of sp³-hybridized carbons (Fsp3) is 0.714. The molecular weight excluding hydrogens is 345 g/mol. The average molecular weight is 372 g/mol. The summed E-state index contributed by atoms with van der Waals surface area (Å²) in [4.78, 5) is 18.4. The van der Waals surface area contributed by atoms with Crippen molar-refractivity contribution in [3.8, 4) is 0 Å². The molecule has 22 heavy (non-hydrogen) atoms. The van der Waals surface area contributed by atoms with E-state index in [1.807, 2.05) is 40.2 Å². The molecule has 0 aliphatic rings. The van der Waals surface area contributed by atoms with Crippen LogP contribution in [-0.4, -0.2) is 43.0 Å². The van der Waals surface area contributed by atoms with Crippen molar-refractivity contribution in [3.63, 3.8) is 0 Å². The van der Waals surface area contributed by atoms with Crippen LogP contribution in [0.25, 0.3) is 0 Å². The smallest absolute Gasteiger partial charge is 0.226 e. The van der Waals surface area contributed by atoms with Gasteiger partial charge in [0.05, 0.1) is 12.2 Å². The second-order valence-electron chi connectivity index (χ2n) is 4.93. The van der Waals surface area contributed by atoms with E-state index in [1.165, 1.54) is 0 Å². The van der Waals surface area contributed by atoms with Crippen molar-refractivity contribution in [2.45, 2.75) is 33.4 Å². The zero-order chi connectivity index (χ0) is 15.1. The molecule has 1 heterocycles. The van der Waals surface area contributed by atoms with E-state index in [4.69, 9.17) is 4.74 Å². The van der Waals surface area contributed by atoms with Gasteiger partial charge in [0.15, 0.2) is 0 Å². The van der Waals surface area contributed by atoms with E-state index in [0.29, 0.717) is 19.7 Å². The molecule has 1 N–H and O–H groups in total. The monoisotopic (exact) mass is 371 g/mol. The Balaban J connectivity index is 0. The van der Waals surface area contributed by atoms with Gasteiger partial charge >= 0.3 is 0 Å². The van der Waals surface area contributed by atoms with E-state index in [0.717, 1.165) is 10.7 Å². The molecule has 0 radical (unpaired) electrons. The molecule has 5 nitrogen and oxygen atoms in total. The van der Waals surface area contributed by atoms with Crippen molar-refractivity contribution >= 4 is 42.1 Å². The molecule has 1 rings (SSSR count). The number of thiazole rings is 1. The number of hydrogen-bond acceptors (Lipinski definition) is 5. The largest absolute Gasteiger partial charge is 0.372 e. The molecule has 2 atom stereocenters. The lowest BCUT2D eigenvalue weighted by molar-refractivity contribution is -0.134. The highest BCUT2D eigenvalue weighted by Crippen LogP contribution is 2.21. The van der Waals surface area contributed by atoms with E-state index in [-0.39, 0.29) is 42.7 Å². The summed E-state index contributed by atoms with van der Waals surface area (Å²) < 4.78 is 5.52. The summed E-state index contributed by atoms with van der Waals surface area (Å²) in [6.45, 7) is 7.81. The Labute approximate surface area is 149 Å². The van der Waals surface area contributed by atoms with Gasteiger partial charge in [-0.3, -0.25) is 4.79 Å². The predicted molar refractivity (Wildman–Crippen MR) is 96.2 cm³/mol. The number of amides is 1. The molecule has 0 saturated heterocycles. The van der Waals surface area contributed by atoms with Gasteiger partial charge in [-0.15, -0.1) is 36.2 Å². The van der Waals surface area contributed by atoms with Gasteiger partial charge in [-0.05, 0) is 20.9 Å². The van der Waals surface area contributed by atoms with Crippen molar-refractivity contribution in [2.75, 3.05) is 27.2 Å². The molecule has 0 aromatic carbocycles. The lowest BCUT2D eigenvalue weighted by Gasteiger charge is -2.20. The molecule has 8 heteroatoms. The number of hydrogen-bond donors (Lipinski definition) is 1. The maximum atomic E-state index is 12.1. The minimum atomic E-state index is -0.0227. The Bertz CT molecular complexity index is 432. The van der Waals surface area contributed by atoms with Crippen LogP contribution in [0.1, 0.15) is 37.6 Å². The summed E-state index contributed by atoms with van der Waals surface area (Å²) in [5.74, 6) is 0.109. The quantitative estimate of drug-likeness (QED) is 0.763. The number of nitrogens with one attached hydrogen (secondary N) is 1. The van der Waals surface area contributed by atoms with Gasteiger partial charge in [-0.2, -0.15) is 0 Å². The lowest BCUT2D eigenvalue weighted by Crippen LogP contribution is -2.35. The lowest BCUT2D eigenvalue weighted by atomic mass is 10.1. The van der Waals surface area contributed by atoms with Crippen molar-refractivity contribution in [3.05, 3.63) is 16.1 Å². The predicted octanol–water partition coefficient (Wildman–Crippen LogP) is 2.90. The first kappa shape index (κ1) is 23.9. The van der Waals surface area contributed by atoms with Crippen LogP contribution in [0, 0.1) is 5.92 Å². The third-order valence-electron chi connectivity index (χ3n) is 3.04. The summed E-state index contributed by atoms with van der Waals surface area (Å²) in [5, 5.41) is 5.98. The highest BCUT2D eigenvalue weighted by Gasteiger charge is 2.18. The number of halogens is 2. The summed E-state index contributed by atoms with van der Waals surface area (Å²) in [6.07, 6.45) is 0.0166. The second-order valence-corrected chi connectivity index (χ2v) is 5.82. The van der Waals surface area contributed by atoms with Crippen LogP contribution >= 0.6 is 36.2 Å². The maximum absolute atomic E-state index is 12.1. The normalized spacial score (nSPS) is 12.8. The molecule has 1 amide bonds. The van der Waals surface area contributed by atoms with Crippen molar-refractivity contribution in [1.29, 1.82) is 0 Å². The number of nitrogens with zero attached hydrogens (tertiary/aromatic N) is 2. The van der Waals surface area contributed by atoms with Crippen LogP contribution in [0.4, 0.5) is 0 Å². The number of ether oxygens (including phenoxy) is 1. The summed E-state index contributed by atoms with van der Waals surface area (Å²) in [7, 11) is 3.67. The minimum Gasteiger partial charge on any atom is -0.372 e. The first-order valence-electron chi connectivity index (χ1n) is 6.95. The van der Waals surface area contributed by atoms with Crippen molar-refractivity contribution in [1.82, 2.24) is 15.2 Å². The van der Waals surface area contributed by atoms with Gasteiger partial charge in [-0.25, -0.2) is 4.98 Å². The molecule has 0 bridgehead atoms. The Hall–Kier alpha value is -0.400. The van der Waals surface area contributed by atoms with Crippen molar-refractivity contribution in [2.24, 2.45) is 5.92 Å². The maximum Gasteiger partial charge on any atom is 0.226 e. The molecule has 1 aromatic rings. The summed E-state index contributed by atoms with van der Waals surface area (Å²) >= 11 is 1.58. The molecule has 130 valence electrons. The first-order valence-corrected chi connectivity index (χ1v) is 7.83. The van der Waals surface area contributed by atoms with E-state index in [9.17, 15) is 4.79 Å². The molecule has 0 spiro atoms. The fourth-order valence-corrected chi connectivity index (χ4v) is 2.81. The van der Waals surface area contributed by atoms with E-state index in [1.54, 1.807) is 16.2 Å².